The van der Waals surface area contributed by atoms with Crippen LogP contribution in [0.3, 0.4) is 0 Å². The summed E-state index contributed by atoms with van der Waals surface area (Å²) in [6.45, 7) is 1.26. The molecule has 3 atom stereocenters. The van der Waals surface area contributed by atoms with Crippen LogP contribution in [0.4, 0.5) is 0 Å². The number of benzene rings is 3. The third-order valence-corrected chi connectivity index (χ3v) is 7.17. The molecule has 3 rings (SSSR count). The van der Waals surface area contributed by atoms with Crippen LogP contribution in [0.2, 0.25) is 0 Å². The van der Waals surface area contributed by atoms with E-state index in [-0.39, 0.29) is 11.8 Å². The van der Waals surface area contributed by atoms with E-state index in [0.29, 0.717) is 32.5 Å². The highest BCUT2D eigenvalue weighted by molar-refractivity contribution is 7.99. The van der Waals surface area contributed by atoms with Crippen molar-refractivity contribution in [3.8, 4) is 5.75 Å². The summed E-state index contributed by atoms with van der Waals surface area (Å²) < 4.78 is 10.7. The Morgan fingerprint density at radius 1 is 0.946 bits per heavy atom. The molecule has 0 bridgehead atoms. The van der Waals surface area contributed by atoms with E-state index in [1.165, 1.54) is 4.90 Å². The molecule has 0 aliphatic rings. The van der Waals surface area contributed by atoms with Gasteiger partial charge in [-0.15, -0.1) is 11.8 Å². The van der Waals surface area contributed by atoms with Crippen LogP contribution in [0.15, 0.2) is 89.8 Å². The molecule has 3 aromatic carbocycles. The molecule has 0 spiro atoms. The van der Waals surface area contributed by atoms with Gasteiger partial charge in [-0.3, -0.25) is 4.79 Å². The first-order valence-electron chi connectivity index (χ1n) is 12.6. The average molecular weight is 523 g/mol. The predicted octanol–water partition coefficient (Wildman–Crippen LogP) is 4.32. The summed E-state index contributed by atoms with van der Waals surface area (Å²) in [5.41, 5.74) is 2.12. The highest BCUT2D eigenvalue weighted by Crippen LogP contribution is 2.21. The second kappa shape index (κ2) is 16.1. The summed E-state index contributed by atoms with van der Waals surface area (Å²) in [7, 11) is 3.26. The summed E-state index contributed by atoms with van der Waals surface area (Å²) in [6, 6.07) is 27.5. The number of aliphatic hydroxyl groups is 1. The molecule has 37 heavy (non-hydrogen) atoms. The van der Waals surface area contributed by atoms with Gasteiger partial charge in [0.15, 0.2) is 0 Å². The Kier molecular flexibility index (Phi) is 12.5. The lowest BCUT2D eigenvalue weighted by molar-refractivity contribution is -0.128. The van der Waals surface area contributed by atoms with Crippen LogP contribution in [-0.4, -0.2) is 56.3 Å². The Bertz CT molecular complexity index is 1050. The number of ether oxygens (including phenoxy) is 2. The van der Waals surface area contributed by atoms with Crippen molar-refractivity contribution in [2.45, 2.75) is 36.4 Å². The van der Waals surface area contributed by atoms with E-state index in [1.54, 1.807) is 26.0 Å². The normalized spacial score (nSPS) is 13.5. The maximum atomic E-state index is 13.3. The SMILES string of the molecule is COCC(CCSc1ccccc1)C(=O)NC(Cc1ccccc1)[C@H](O)CNCc1cccc(OC)c1. The fraction of sp³-hybridized carbons (Fsp3) is 0.367. The molecule has 198 valence electrons. The van der Waals surface area contributed by atoms with Gasteiger partial charge < -0.3 is 25.2 Å². The van der Waals surface area contributed by atoms with E-state index >= 15 is 0 Å². The zero-order chi connectivity index (χ0) is 26.3. The molecule has 0 fully saturated rings. The van der Waals surface area contributed by atoms with Gasteiger partial charge in [0.2, 0.25) is 5.91 Å². The Hall–Kier alpha value is -2.84. The van der Waals surface area contributed by atoms with Crippen molar-refractivity contribution in [1.82, 2.24) is 10.6 Å². The van der Waals surface area contributed by atoms with Crippen LogP contribution in [0.1, 0.15) is 17.5 Å². The number of aliphatic hydroxyl groups excluding tert-OH is 1. The third kappa shape index (κ3) is 10.2. The molecule has 2 unspecified atom stereocenters. The largest absolute Gasteiger partial charge is 0.497 e. The maximum absolute atomic E-state index is 13.3. The number of carbonyl (C=O) groups excluding carboxylic acids is 1. The number of thioether (sulfide) groups is 1. The summed E-state index contributed by atoms with van der Waals surface area (Å²) in [4.78, 5) is 14.5. The second-order valence-electron chi connectivity index (χ2n) is 8.96. The Balaban J connectivity index is 1.60. The number of hydrogen-bond donors (Lipinski definition) is 3. The number of amides is 1. The van der Waals surface area contributed by atoms with Gasteiger partial charge in [0.25, 0.3) is 0 Å². The summed E-state index contributed by atoms with van der Waals surface area (Å²) >= 11 is 1.73. The summed E-state index contributed by atoms with van der Waals surface area (Å²) in [5, 5.41) is 17.5. The van der Waals surface area contributed by atoms with Crippen LogP contribution in [-0.2, 0) is 22.5 Å². The molecule has 0 heterocycles. The van der Waals surface area contributed by atoms with Gasteiger partial charge in [-0.25, -0.2) is 0 Å². The van der Waals surface area contributed by atoms with Crippen molar-refractivity contribution >= 4 is 17.7 Å². The van der Waals surface area contributed by atoms with E-state index < -0.39 is 12.1 Å². The molecular weight excluding hydrogens is 484 g/mol. The molecule has 7 heteroatoms. The van der Waals surface area contributed by atoms with Crippen LogP contribution >= 0.6 is 11.8 Å². The van der Waals surface area contributed by atoms with Gasteiger partial charge in [0.05, 0.1) is 31.8 Å². The zero-order valence-electron chi connectivity index (χ0n) is 21.6. The van der Waals surface area contributed by atoms with E-state index in [2.05, 4.69) is 22.8 Å². The summed E-state index contributed by atoms with van der Waals surface area (Å²) in [5.74, 6) is 1.21. The summed E-state index contributed by atoms with van der Waals surface area (Å²) in [6.07, 6.45) is 0.450. The van der Waals surface area contributed by atoms with Crippen LogP contribution in [0, 0.1) is 5.92 Å². The molecule has 0 saturated heterocycles. The van der Waals surface area contributed by atoms with Crippen molar-refractivity contribution in [3.05, 3.63) is 96.1 Å². The lowest BCUT2D eigenvalue weighted by Gasteiger charge is -2.27. The Morgan fingerprint density at radius 2 is 1.65 bits per heavy atom. The minimum atomic E-state index is -0.767. The molecule has 0 saturated carbocycles. The van der Waals surface area contributed by atoms with Gasteiger partial charge in [-0.05, 0) is 54.0 Å². The van der Waals surface area contributed by atoms with Gasteiger partial charge in [0, 0.05) is 25.1 Å². The first kappa shape index (κ1) is 28.7. The topological polar surface area (TPSA) is 79.8 Å². The molecule has 6 nitrogen and oxygen atoms in total. The quantitative estimate of drug-likeness (QED) is 0.243. The van der Waals surface area contributed by atoms with E-state index in [4.69, 9.17) is 9.47 Å². The van der Waals surface area contributed by atoms with Crippen LogP contribution in [0.25, 0.3) is 0 Å². The van der Waals surface area contributed by atoms with Crippen molar-refractivity contribution in [2.75, 3.05) is 33.1 Å². The number of methoxy groups -OCH3 is 2. The lowest BCUT2D eigenvalue weighted by Crippen LogP contribution is -2.50. The first-order chi connectivity index (χ1) is 18.1. The first-order valence-corrected chi connectivity index (χ1v) is 13.6. The molecule has 0 radical (unpaired) electrons. The van der Waals surface area contributed by atoms with Gasteiger partial charge >= 0.3 is 0 Å². The van der Waals surface area contributed by atoms with Crippen molar-refractivity contribution in [3.63, 3.8) is 0 Å². The zero-order valence-corrected chi connectivity index (χ0v) is 22.5. The number of rotatable bonds is 16. The minimum absolute atomic E-state index is 0.0942. The Morgan fingerprint density at radius 3 is 2.35 bits per heavy atom. The highest BCUT2D eigenvalue weighted by Gasteiger charge is 2.26. The Labute approximate surface area is 224 Å². The minimum Gasteiger partial charge on any atom is -0.497 e. The number of nitrogens with one attached hydrogen (secondary N) is 2. The fourth-order valence-electron chi connectivity index (χ4n) is 4.07. The van der Waals surface area contributed by atoms with Crippen LogP contribution in [0.5, 0.6) is 5.75 Å². The molecule has 0 aliphatic heterocycles. The monoisotopic (exact) mass is 522 g/mol. The van der Waals surface area contributed by atoms with Crippen molar-refractivity contribution in [1.29, 1.82) is 0 Å². The van der Waals surface area contributed by atoms with Gasteiger partial charge in [0.1, 0.15) is 5.75 Å². The molecule has 3 N–H and O–H groups in total. The van der Waals surface area contributed by atoms with Crippen molar-refractivity contribution in [2.24, 2.45) is 5.92 Å². The molecular formula is C30H38N2O4S. The fourth-order valence-corrected chi connectivity index (χ4v) is 5.06. The van der Waals surface area contributed by atoms with E-state index in [1.807, 2.05) is 72.8 Å². The predicted molar refractivity (Wildman–Crippen MR) is 150 cm³/mol. The molecule has 0 aromatic heterocycles. The standard InChI is InChI=1S/C30H38N2O4S/c1-35-22-25(16-17-37-27-14-7-4-8-15-27)30(34)32-28(19-23-10-5-3-6-11-23)29(33)21-31-20-24-12-9-13-26(18-24)36-2/h3-15,18,25,28-29,31,33H,16-17,19-22H2,1-2H3,(H,32,34)/t25?,28?,29-/m1/s1. The highest BCUT2D eigenvalue weighted by atomic mass is 32.2. The van der Waals surface area contributed by atoms with Crippen LogP contribution < -0.4 is 15.4 Å². The van der Waals surface area contributed by atoms with E-state index in [0.717, 1.165) is 22.6 Å². The van der Waals surface area contributed by atoms with Gasteiger partial charge in [-0.2, -0.15) is 0 Å². The number of hydrogen-bond acceptors (Lipinski definition) is 6. The molecule has 1 amide bonds. The molecule has 0 aliphatic carbocycles. The maximum Gasteiger partial charge on any atom is 0.225 e. The van der Waals surface area contributed by atoms with Crippen molar-refractivity contribution < 1.29 is 19.4 Å². The smallest absolute Gasteiger partial charge is 0.225 e. The molecule has 3 aromatic rings. The van der Waals surface area contributed by atoms with Gasteiger partial charge in [-0.1, -0.05) is 60.7 Å². The lowest BCUT2D eigenvalue weighted by atomic mass is 9.99. The average Bonchev–Trinajstić information content (AvgIpc) is 2.93. The third-order valence-electron chi connectivity index (χ3n) is 6.12. The second-order valence-corrected chi connectivity index (χ2v) is 10.1. The van der Waals surface area contributed by atoms with E-state index in [9.17, 15) is 9.90 Å². The number of carbonyl (C=O) groups is 1.